The summed E-state index contributed by atoms with van der Waals surface area (Å²) >= 11 is 0. The van der Waals surface area contributed by atoms with Gasteiger partial charge in [-0.25, -0.2) is 16.8 Å². The van der Waals surface area contributed by atoms with Gasteiger partial charge in [0.15, 0.2) is 0 Å². The van der Waals surface area contributed by atoms with Gasteiger partial charge in [-0.3, -0.25) is 0 Å². The average Bonchev–Trinajstić information content (AvgIpc) is 2.67. The highest BCUT2D eigenvalue weighted by Crippen LogP contribution is 2.29. The van der Waals surface area contributed by atoms with Gasteiger partial charge in [0.2, 0.25) is 20.0 Å². The molecule has 0 amide bonds. The first-order valence-electron chi connectivity index (χ1n) is 9.19. The van der Waals surface area contributed by atoms with Gasteiger partial charge in [0.05, 0.1) is 9.79 Å². The molecule has 0 atom stereocenters. The summed E-state index contributed by atoms with van der Waals surface area (Å²) in [6, 6.07) is 10.2. The highest BCUT2D eigenvalue weighted by Gasteiger charge is 2.35. The highest BCUT2D eigenvalue weighted by molar-refractivity contribution is 7.89. The van der Waals surface area contributed by atoms with Gasteiger partial charge in [-0.1, -0.05) is 24.3 Å². The summed E-state index contributed by atoms with van der Waals surface area (Å²) in [5, 5.41) is 0. The molecule has 2 aromatic carbocycles. The number of rotatable bonds is 4. The molecule has 0 spiro atoms. The van der Waals surface area contributed by atoms with Crippen LogP contribution in [0.25, 0.3) is 0 Å². The van der Waals surface area contributed by atoms with Crippen LogP contribution in [0.3, 0.4) is 0 Å². The molecule has 6 nitrogen and oxygen atoms in total. The van der Waals surface area contributed by atoms with Gasteiger partial charge in [-0.15, -0.1) is 0 Å². The van der Waals surface area contributed by atoms with Crippen LogP contribution in [0.15, 0.2) is 46.2 Å². The molecule has 28 heavy (non-hydrogen) atoms. The van der Waals surface area contributed by atoms with E-state index in [1.54, 1.807) is 30.3 Å². The Hall–Kier alpha value is -1.74. The number of nitrogens with zero attached hydrogens (tertiary/aromatic N) is 2. The van der Waals surface area contributed by atoms with Crippen molar-refractivity contribution in [2.24, 2.45) is 0 Å². The quantitative estimate of drug-likeness (QED) is 0.759. The number of hydrogen-bond donors (Lipinski definition) is 0. The normalized spacial score (nSPS) is 17.0. The molecule has 0 radical (unpaired) electrons. The topological polar surface area (TPSA) is 74.8 Å². The second-order valence-corrected chi connectivity index (χ2v) is 11.0. The molecule has 8 heteroatoms. The van der Waals surface area contributed by atoms with Crippen LogP contribution >= 0.6 is 0 Å². The molecule has 0 aliphatic carbocycles. The fourth-order valence-electron chi connectivity index (χ4n) is 3.59. The van der Waals surface area contributed by atoms with Gasteiger partial charge in [0, 0.05) is 26.2 Å². The molecular formula is C20H26N2O4S2. The summed E-state index contributed by atoms with van der Waals surface area (Å²) in [7, 11) is -7.30. The van der Waals surface area contributed by atoms with E-state index in [9.17, 15) is 16.8 Å². The van der Waals surface area contributed by atoms with Crippen molar-refractivity contribution in [3.63, 3.8) is 0 Å². The summed E-state index contributed by atoms with van der Waals surface area (Å²) in [6.45, 7) is 8.02. The lowest BCUT2D eigenvalue weighted by Gasteiger charge is -2.34. The maximum Gasteiger partial charge on any atom is 0.243 e. The van der Waals surface area contributed by atoms with Crippen molar-refractivity contribution in [1.29, 1.82) is 0 Å². The Morgan fingerprint density at radius 3 is 1.57 bits per heavy atom. The van der Waals surface area contributed by atoms with E-state index in [-0.39, 0.29) is 31.1 Å². The third kappa shape index (κ3) is 3.61. The van der Waals surface area contributed by atoms with E-state index in [2.05, 4.69) is 0 Å². The average molecular weight is 423 g/mol. The minimum absolute atomic E-state index is 0.138. The number of sulfonamides is 2. The van der Waals surface area contributed by atoms with Crippen molar-refractivity contribution >= 4 is 20.0 Å². The second-order valence-electron chi connectivity index (χ2n) is 7.21. The van der Waals surface area contributed by atoms with E-state index in [0.717, 1.165) is 22.3 Å². The molecule has 0 unspecified atom stereocenters. The van der Waals surface area contributed by atoms with E-state index in [1.807, 2.05) is 33.8 Å². The van der Waals surface area contributed by atoms with E-state index in [4.69, 9.17) is 0 Å². The molecule has 0 saturated carbocycles. The Balaban J connectivity index is 1.86. The Morgan fingerprint density at radius 2 is 1.11 bits per heavy atom. The van der Waals surface area contributed by atoms with E-state index < -0.39 is 20.0 Å². The minimum Gasteiger partial charge on any atom is -0.207 e. The molecule has 3 rings (SSSR count). The van der Waals surface area contributed by atoms with Crippen LogP contribution in [0.5, 0.6) is 0 Å². The van der Waals surface area contributed by atoms with E-state index in [1.165, 1.54) is 8.61 Å². The Kier molecular flexibility index (Phi) is 5.69. The van der Waals surface area contributed by atoms with Gasteiger partial charge in [0.25, 0.3) is 0 Å². The maximum absolute atomic E-state index is 13.3. The lowest BCUT2D eigenvalue weighted by atomic mass is 10.0. The zero-order valence-corrected chi connectivity index (χ0v) is 18.3. The first-order chi connectivity index (χ1) is 13.1. The third-order valence-electron chi connectivity index (χ3n) is 5.47. The lowest BCUT2D eigenvalue weighted by molar-refractivity contribution is 0.272. The highest BCUT2D eigenvalue weighted by atomic mass is 32.2. The van der Waals surface area contributed by atoms with Crippen LogP contribution in [-0.4, -0.2) is 51.6 Å². The summed E-state index contributed by atoms with van der Waals surface area (Å²) < 4.78 is 54.9. The smallest absolute Gasteiger partial charge is 0.207 e. The first-order valence-corrected chi connectivity index (χ1v) is 12.1. The fourth-order valence-corrected chi connectivity index (χ4v) is 7.03. The number of benzene rings is 2. The zero-order chi connectivity index (χ0) is 20.7. The van der Waals surface area contributed by atoms with Crippen molar-refractivity contribution in [2.75, 3.05) is 26.2 Å². The third-order valence-corrected chi connectivity index (χ3v) is 9.56. The molecular weight excluding hydrogens is 396 g/mol. The molecule has 1 saturated heterocycles. The molecule has 0 aromatic heterocycles. The summed E-state index contributed by atoms with van der Waals surface area (Å²) in [4.78, 5) is 0.580. The van der Waals surface area contributed by atoms with Crippen molar-refractivity contribution in [1.82, 2.24) is 8.61 Å². The van der Waals surface area contributed by atoms with Crippen molar-refractivity contribution in [2.45, 2.75) is 37.5 Å². The monoisotopic (exact) mass is 422 g/mol. The first kappa shape index (κ1) is 21.0. The number of hydrogen-bond acceptors (Lipinski definition) is 4. The van der Waals surface area contributed by atoms with Gasteiger partial charge < -0.3 is 0 Å². The second kappa shape index (κ2) is 7.59. The van der Waals surface area contributed by atoms with Crippen LogP contribution in [-0.2, 0) is 20.0 Å². The van der Waals surface area contributed by atoms with Crippen molar-refractivity contribution in [3.8, 4) is 0 Å². The molecule has 2 aromatic rings. The number of piperazine rings is 1. The Bertz CT molecular complexity index is 1060. The minimum atomic E-state index is -3.69. The molecule has 1 aliphatic heterocycles. The zero-order valence-electron chi connectivity index (χ0n) is 16.6. The van der Waals surface area contributed by atoms with Gasteiger partial charge in [0.1, 0.15) is 0 Å². The standard InChI is InChI=1S/C20H26N2O4S2/c1-15-14-16(2)18(4)20(17(15)3)28(25,26)22-12-10-21(11-13-22)27(23,24)19-8-6-5-7-9-19/h5-9,14H,10-13H2,1-4H3. The van der Waals surface area contributed by atoms with Gasteiger partial charge >= 0.3 is 0 Å². The Labute approximate surface area is 167 Å². The van der Waals surface area contributed by atoms with Crippen LogP contribution in [0.1, 0.15) is 22.3 Å². The SMILES string of the molecule is Cc1cc(C)c(C)c(S(=O)(=O)N2CCN(S(=O)(=O)c3ccccc3)CC2)c1C. The van der Waals surface area contributed by atoms with E-state index in [0.29, 0.717) is 4.90 Å². The van der Waals surface area contributed by atoms with Crippen LogP contribution in [0.2, 0.25) is 0 Å². The molecule has 1 heterocycles. The molecule has 152 valence electrons. The Morgan fingerprint density at radius 1 is 0.679 bits per heavy atom. The summed E-state index contributed by atoms with van der Waals surface area (Å²) in [5.74, 6) is 0. The predicted molar refractivity (Wildman–Crippen MR) is 109 cm³/mol. The molecule has 1 fully saturated rings. The van der Waals surface area contributed by atoms with Gasteiger partial charge in [-0.2, -0.15) is 8.61 Å². The van der Waals surface area contributed by atoms with Crippen molar-refractivity contribution < 1.29 is 16.8 Å². The predicted octanol–water partition coefficient (Wildman–Crippen LogP) is 2.62. The maximum atomic E-state index is 13.3. The summed E-state index contributed by atoms with van der Waals surface area (Å²) in [5.41, 5.74) is 3.38. The van der Waals surface area contributed by atoms with Crippen LogP contribution < -0.4 is 0 Å². The fraction of sp³-hybridized carbons (Fsp3) is 0.400. The summed E-state index contributed by atoms with van der Waals surface area (Å²) in [6.07, 6.45) is 0. The molecule has 1 aliphatic rings. The molecule has 0 bridgehead atoms. The number of aryl methyl sites for hydroxylation is 2. The van der Waals surface area contributed by atoms with Crippen molar-refractivity contribution in [3.05, 3.63) is 58.7 Å². The van der Waals surface area contributed by atoms with E-state index >= 15 is 0 Å². The van der Waals surface area contributed by atoms with Gasteiger partial charge in [-0.05, 0) is 62.1 Å². The van der Waals surface area contributed by atoms with Crippen LogP contribution in [0.4, 0.5) is 0 Å². The lowest BCUT2D eigenvalue weighted by Crippen LogP contribution is -2.50. The molecule has 0 N–H and O–H groups in total. The van der Waals surface area contributed by atoms with Crippen LogP contribution in [0, 0.1) is 27.7 Å². The largest absolute Gasteiger partial charge is 0.243 e.